The zero-order valence-corrected chi connectivity index (χ0v) is 9.47. The number of aryl methyl sites for hydroxylation is 1. The highest BCUT2D eigenvalue weighted by Gasteiger charge is 2.06. The summed E-state index contributed by atoms with van der Waals surface area (Å²) < 4.78 is 2.89. The molecule has 68 valence electrons. The van der Waals surface area contributed by atoms with Gasteiger partial charge in [0.05, 0.1) is 4.21 Å². The third kappa shape index (κ3) is 1.61. The van der Waals surface area contributed by atoms with Gasteiger partial charge in [0, 0.05) is 4.70 Å². The third-order valence-corrected chi connectivity index (χ3v) is 4.60. The minimum absolute atomic E-state index is 1.16. The number of fused-ring (bicyclic) bond motifs is 1. The van der Waals surface area contributed by atoms with E-state index in [1.54, 1.807) is 0 Å². The van der Waals surface area contributed by atoms with Crippen LogP contribution in [0.25, 0.3) is 10.1 Å². The van der Waals surface area contributed by atoms with E-state index in [1.807, 2.05) is 23.1 Å². The molecular formula is C11H12S2. The topological polar surface area (TPSA) is 0 Å². The normalized spacial score (nSPS) is 10.9. The second-order valence-electron chi connectivity index (χ2n) is 2.94. The molecule has 2 aromatic rings. The minimum atomic E-state index is 1.16. The fourth-order valence-electron chi connectivity index (χ4n) is 1.42. The van der Waals surface area contributed by atoms with Crippen LogP contribution >= 0.6 is 23.1 Å². The predicted octanol–water partition coefficient (Wildman–Crippen LogP) is 4.32. The highest BCUT2D eigenvalue weighted by Crippen LogP contribution is 2.36. The van der Waals surface area contributed by atoms with Gasteiger partial charge < -0.3 is 0 Å². The molecule has 0 spiro atoms. The molecule has 0 N–H and O–H groups in total. The summed E-state index contributed by atoms with van der Waals surface area (Å²) >= 11 is 3.86. The van der Waals surface area contributed by atoms with Gasteiger partial charge in [-0.1, -0.05) is 25.1 Å². The zero-order valence-electron chi connectivity index (χ0n) is 7.83. The van der Waals surface area contributed by atoms with E-state index in [-0.39, 0.29) is 0 Å². The van der Waals surface area contributed by atoms with E-state index in [0.29, 0.717) is 0 Å². The van der Waals surface area contributed by atoms with Crippen molar-refractivity contribution >= 4 is 33.2 Å². The Kier molecular flexibility index (Phi) is 2.61. The van der Waals surface area contributed by atoms with Crippen molar-refractivity contribution in [2.75, 3.05) is 5.75 Å². The summed E-state index contributed by atoms with van der Waals surface area (Å²) in [5, 5.41) is 1.42. The second kappa shape index (κ2) is 3.72. The molecule has 1 heterocycles. The molecule has 0 nitrogen and oxygen atoms in total. The molecule has 0 amide bonds. The van der Waals surface area contributed by atoms with Crippen LogP contribution in [0.2, 0.25) is 0 Å². The lowest BCUT2D eigenvalue weighted by Gasteiger charge is -1.93. The summed E-state index contributed by atoms with van der Waals surface area (Å²) in [6, 6.07) is 8.63. The molecule has 0 aliphatic heterocycles. The summed E-state index contributed by atoms with van der Waals surface area (Å²) in [5.41, 5.74) is 1.45. The highest BCUT2D eigenvalue weighted by molar-refractivity contribution is 8.01. The van der Waals surface area contributed by atoms with Crippen LogP contribution in [-0.4, -0.2) is 5.75 Å². The molecule has 0 fully saturated rings. The Morgan fingerprint density at radius 2 is 2.08 bits per heavy atom. The van der Waals surface area contributed by atoms with Crippen molar-refractivity contribution in [3.05, 3.63) is 29.8 Å². The van der Waals surface area contributed by atoms with Crippen molar-refractivity contribution < 1.29 is 0 Å². The first kappa shape index (κ1) is 9.10. The summed E-state index contributed by atoms with van der Waals surface area (Å²) in [5.74, 6) is 1.16. The Hall–Kier alpha value is -0.470. The Bertz CT molecular complexity index is 415. The molecule has 1 aromatic carbocycles. The lowest BCUT2D eigenvalue weighted by molar-refractivity contribution is 1.44. The Morgan fingerprint density at radius 1 is 1.31 bits per heavy atom. The van der Waals surface area contributed by atoms with Gasteiger partial charge in [-0.3, -0.25) is 0 Å². The van der Waals surface area contributed by atoms with E-state index in [4.69, 9.17) is 0 Å². The first-order valence-electron chi connectivity index (χ1n) is 4.44. The van der Waals surface area contributed by atoms with Gasteiger partial charge in [0.1, 0.15) is 0 Å². The number of benzene rings is 1. The van der Waals surface area contributed by atoms with Crippen LogP contribution in [0.1, 0.15) is 12.5 Å². The predicted molar refractivity (Wildman–Crippen MR) is 63.0 cm³/mol. The first-order chi connectivity index (χ1) is 6.33. The highest BCUT2D eigenvalue weighted by atomic mass is 32.2. The van der Waals surface area contributed by atoms with Crippen molar-refractivity contribution in [3.63, 3.8) is 0 Å². The van der Waals surface area contributed by atoms with Crippen LogP contribution in [0.15, 0.2) is 28.5 Å². The van der Waals surface area contributed by atoms with E-state index >= 15 is 0 Å². The fraction of sp³-hybridized carbons (Fsp3) is 0.273. The van der Waals surface area contributed by atoms with Crippen LogP contribution in [0, 0.1) is 6.92 Å². The average molecular weight is 208 g/mol. The van der Waals surface area contributed by atoms with Crippen molar-refractivity contribution in [2.24, 2.45) is 0 Å². The molecular weight excluding hydrogens is 196 g/mol. The largest absolute Gasteiger partial charge is 0.129 e. The van der Waals surface area contributed by atoms with Crippen LogP contribution < -0.4 is 0 Å². The average Bonchev–Trinajstić information content (AvgIpc) is 2.46. The first-order valence-corrected chi connectivity index (χ1v) is 6.24. The lowest BCUT2D eigenvalue weighted by atomic mass is 10.2. The quantitative estimate of drug-likeness (QED) is 0.662. The van der Waals surface area contributed by atoms with E-state index in [0.717, 1.165) is 5.75 Å². The number of hydrogen-bond acceptors (Lipinski definition) is 2. The van der Waals surface area contributed by atoms with Gasteiger partial charge >= 0.3 is 0 Å². The molecule has 0 aliphatic carbocycles. The maximum absolute atomic E-state index is 2.22. The number of hydrogen-bond donors (Lipinski definition) is 0. The number of rotatable bonds is 2. The molecule has 0 aliphatic rings. The van der Waals surface area contributed by atoms with Crippen molar-refractivity contribution in [2.45, 2.75) is 18.1 Å². The van der Waals surface area contributed by atoms with Crippen molar-refractivity contribution in [3.8, 4) is 0 Å². The molecule has 0 saturated carbocycles. The minimum Gasteiger partial charge on any atom is -0.129 e. The van der Waals surface area contributed by atoms with Crippen LogP contribution in [0.5, 0.6) is 0 Å². The molecule has 2 rings (SSSR count). The maximum Gasteiger partial charge on any atom is 0.0640 e. The Balaban J connectivity index is 2.60. The number of thioether (sulfide) groups is 1. The molecule has 0 saturated heterocycles. The van der Waals surface area contributed by atoms with Crippen LogP contribution in [0.3, 0.4) is 0 Å². The Morgan fingerprint density at radius 3 is 2.77 bits per heavy atom. The molecule has 13 heavy (non-hydrogen) atoms. The lowest BCUT2D eigenvalue weighted by Crippen LogP contribution is -1.71. The number of thiophene rings is 1. The molecule has 2 heteroatoms. The second-order valence-corrected chi connectivity index (χ2v) is 5.53. The fourth-order valence-corrected chi connectivity index (χ4v) is 3.81. The van der Waals surface area contributed by atoms with Crippen LogP contribution in [-0.2, 0) is 0 Å². The van der Waals surface area contributed by atoms with Crippen molar-refractivity contribution in [1.29, 1.82) is 0 Å². The molecule has 0 atom stereocenters. The molecule has 1 aromatic heterocycles. The van der Waals surface area contributed by atoms with Gasteiger partial charge in [0.25, 0.3) is 0 Å². The van der Waals surface area contributed by atoms with Gasteiger partial charge in [0.2, 0.25) is 0 Å². The standard InChI is InChI=1S/C11H12S2/c1-3-12-11-8(2)9-6-4-5-7-10(9)13-11/h4-7H,3H2,1-2H3. The molecule has 0 radical (unpaired) electrons. The monoisotopic (exact) mass is 208 g/mol. The van der Waals surface area contributed by atoms with Crippen LogP contribution in [0.4, 0.5) is 0 Å². The third-order valence-electron chi connectivity index (χ3n) is 2.08. The van der Waals surface area contributed by atoms with E-state index in [9.17, 15) is 0 Å². The smallest absolute Gasteiger partial charge is 0.0640 e. The van der Waals surface area contributed by atoms with Gasteiger partial charge in [-0.05, 0) is 29.7 Å². The summed E-state index contributed by atoms with van der Waals surface area (Å²) in [6.07, 6.45) is 0. The van der Waals surface area contributed by atoms with Gasteiger partial charge in [0.15, 0.2) is 0 Å². The SMILES string of the molecule is CCSc1sc2ccccc2c1C. The van der Waals surface area contributed by atoms with E-state index in [1.165, 1.54) is 19.9 Å². The molecule has 0 bridgehead atoms. The van der Waals surface area contributed by atoms with Gasteiger partial charge in [-0.2, -0.15) is 0 Å². The summed E-state index contributed by atoms with van der Waals surface area (Å²) in [7, 11) is 0. The van der Waals surface area contributed by atoms with E-state index < -0.39 is 0 Å². The zero-order chi connectivity index (χ0) is 9.26. The summed E-state index contributed by atoms with van der Waals surface area (Å²) in [4.78, 5) is 0. The van der Waals surface area contributed by atoms with E-state index in [2.05, 4.69) is 38.1 Å². The van der Waals surface area contributed by atoms with Crippen molar-refractivity contribution in [1.82, 2.24) is 0 Å². The molecule has 0 unspecified atom stereocenters. The maximum atomic E-state index is 2.22. The Labute approximate surface area is 87.0 Å². The summed E-state index contributed by atoms with van der Waals surface area (Å²) in [6.45, 7) is 4.42. The van der Waals surface area contributed by atoms with Gasteiger partial charge in [-0.15, -0.1) is 23.1 Å². The van der Waals surface area contributed by atoms with Gasteiger partial charge in [-0.25, -0.2) is 0 Å².